The zero-order valence-electron chi connectivity index (χ0n) is 15.9. The molecule has 0 unspecified atom stereocenters. The number of hydrogen-bond acceptors (Lipinski definition) is 3. The number of hydrazine groups is 1. The molecule has 2 aliphatic rings. The lowest BCUT2D eigenvalue weighted by atomic mass is 9.77. The average Bonchev–Trinajstić information content (AvgIpc) is 2.86. The van der Waals surface area contributed by atoms with E-state index in [-0.39, 0.29) is 12.1 Å². The largest absolute Gasteiger partial charge is 0.344 e. The number of carbonyl (C=O) groups is 3. The van der Waals surface area contributed by atoms with Gasteiger partial charge in [-0.05, 0) is 50.7 Å². The zero-order chi connectivity index (χ0) is 20.5. The Balaban J connectivity index is 1.56. The van der Waals surface area contributed by atoms with Gasteiger partial charge in [0.2, 0.25) is 0 Å². The van der Waals surface area contributed by atoms with Crippen molar-refractivity contribution in [1.29, 1.82) is 0 Å². The van der Waals surface area contributed by atoms with Crippen molar-refractivity contribution >= 4 is 17.8 Å². The summed E-state index contributed by atoms with van der Waals surface area (Å²) in [4.78, 5) is 37.1. The Morgan fingerprint density at radius 3 is 2.68 bits per heavy atom. The first-order valence-corrected chi connectivity index (χ1v) is 9.46. The van der Waals surface area contributed by atoms with Crippen molar-refractivity contribution in [3.8, 4) is 0 Å². The molecule has 1 aromatic rings. The molecular formula is C19H25F2N4O3+. The van der Waals surface area contributed by atoms with E-state index in [4.69, 9.17) is 0 Å². The molecule has 4 N–H and O–H groups in total. The fourth-order valence-corrected chi connectivity index (χ4v) is 3.77. The van der Waals surface area contributed by atoms with Gasteiger partial charge in [-0.25, -0.2) is 13.6 Å². The Kier molecular flexibility index (Phi) is 5.64. The maximum Gasteiger partial charge on any atom is 0.344 e. The number of amides is 4. The van der Waals surface area contributed by atoms with Crippen molar-refractivity contribution in [1.82, 2.24) is 15.8 Å². The molecule has 1 saturated carbocycles. The minimum absolute atomic E-state index is 0.126. The van der Waals surface area contributed by atoms with Crippen LogP contribution in [0.25, 0.3) is 0 Å². The third kappa shape index (κ3) is 3.99. The first-order chi connectivity index (χ1) is 13.2. The summed E-state index contributed by atoms with van der Waals surface area (Å²) in [7, 11) is 0. The first-order valence-electron chi connectivity index (χ1n) is 9.46. The highest BCUT2D eigenvalue weighted by molar-refractivity contribution is 6.08. The molecule has 2 fully saturated rings. The van der Waals surface area contributed by atoms with Crippen LogP contribution in [0.5, 0.6) is 0 Å². The predicted octanol–water partition coefficient (Wildman–Crippen LogP) is 1.12. The van der Waals surface area contributed by atoms with Crippen molar-refractivity contribution < 1.29 is 28.5 Å². The number of carbonyl (C=O) groups excluding carboxylic acids is 3. The van der Waals surface area contributed by atoms with Crippen LogP contribution in [-0.4, -0.2) is 34.9 Å². The lowest BCUT2D eigenvalue weighted by Crippen LogP contribution is -2.87. The van der Waals surface area contributed by atoms with Gasteiger partial charge in [0.1, 0.15) is 23.2 Å². The van der Waals surface area contributed by atoms with Crippen LogP contribution in [0.15, 0.2) is 18.2 Å². The van der Waals surface area contributed by atoms with Crippen molar-refractivity contribution in [2.45, 2.75) is 51.1 Å². The molecule has 1 saturated heterocycles. The van der Waals surface area contributed by atoms with E-state index in [9.17, 15) is 23.2 Å². The van der Waals surface area contributed by atoms with Crippen LogP contribution in [0.4, 0.5) is 13.6 Å². The first kappa shape index (κ1) is 20.2. The maximum absolute atomic E-state index is 13.8. The summed E-state index contributed by atoms with van der Waals surface area (Å²) in [6, 6.07) is 2.19. The molecule has 0 bridgehead atoms. The number of nitrogens with one attached hydrogen (secondary N) is 2. The van der Waals surface area contributed by atoms with E-state index in [0.717, 1.165) is 30.0 Å². The van der Waals surface area contributed by atoms with Gasteiger partial charge < -0.3 is 10.6 Å². The molecule has 1 aliphatic carbocycles. The highest BCUT2D eigenvalue weighted by atomic mass is 19.1. The number of halogens is 2. The number of nitrogens with zero attached hydrogens (tertiary/aromatic N) is 1. The summed E-state index contributed by atoms with van der Waals surface area (Å²) in [5.74, 6) is -1.85. The van der Waals surface area contributed by atoms with Crippen LogP contribution in [0.3, 0.4) is 0 Å². The molecule has 0 radical (unpaired) electrons. The minimum Gasteiger partial charge on any atom is -0.332 e. The summed E-state index contributed by atoms with van der Waals surface area (Å²) >= 11 is 0. The van der Waals surface area contributed by atoms with E-state index < -0.39 is 41.1 Å². The molecule has 1 atom stereocenters. The molecule has 0 aromatic heterocycles. The number of nitrogens with two attached hydrogens (primary N) is 1. The Labute approximate surface area is 161 Å². The fraction of sp³-hybridized carbons (Fsp3) is 0.526. The molecule has 7 nitrogen and oxygen atoms in total. The number of rotatable bonds is 5. The minimum atomic E-state index is -0.925. The van der Waals surface area contributed by atoms with Crippen molar-refractivity contribution in [2.24, 2.45) is 5.92 Å². The van der Waals surface area contributed by atoms with E-state index in [1.54, 1.807) is 12.2 Å². The SMILES string of the molecule is CC1CCC2(CC1)NC(=O)N(NC(=O)C[NH2+][C@H](C)c1ccc(F)cc1F)C2=O. The standard InChI is InChI=1S/C19H24F2N4O3/c1-11-5-7-19(8-6-11)17(27)25(18(28)23-19)24-16(26)10-22-12(2)14-4-3-13(20)9-15(14)21/h3-4,9,11-12,22H,5-8,10H2,1-2H3,(H,23,28)(H,24,26)/p+1/t11?,12-,19?/m1/s1. The Morgan fingerprint density at radius 2 is 2.04 bits per heavy atom. The van der Waals surface area contributed by atoms with Gasteiger partial charge in [-0.15, -0.1) is 0 Å². The molecule has 152 valence electrons. The van der Waals surface area contributed by atoms with E-state index >= 15 is 0 Å². The van der Waals surface area contributed by atoms with Crippen LogP contribution in [0.2, 0.25) is 0 Å². The lowest BCUT2D eigenvalue weighted by Gasteiger charge is -2.33. The fourth-order valence-electron chi connectivity index (χ4n) is 3.77. The summed E-state index contributed by atoms with van der Waals surface area (Å²) in [5.41, 5.74) is 1.68. The van der Waals surface area contributed by atoms with E-state index in [0.29, 0.717) is 18.8 Å². The summed E-state index contributed by atoms with van der Waals surface area (Å²) in [6.45, 7) is 3.66. The van der Waals surface area contributed by atoms with Crippen LogP contribution in [0.1, 0.15) is 51.1 Å². The van der Waals surface area contributed by atoms with Crippen LogP contribution >= 0.6 is 0 Å². The number of benzene rings is 1. The summed E-state index contributed by atoms with van der Waals surface area (Å²) in [6.07, 6.45) is 2.78. The zero-order valence-corrected chi connectivity index (χ0v) is 15.9. The highest BCUT2D eigenvalue weighted by Crippen LogP contribution is 2.35. The quantitative estimate of drug-likeness (QED) is 0.652. The Bertz CT molecular complexity index is 793. The molecule has 28 heavy (non-hydrogen) atoms. The molecule has 9 heteroatoms. The Hall–Kier alpha value is -2.55. The van der Waals surface area contributed by atoms with E-state index in [1.165, 1.54) is 6.07 Å². The highest BCUT2D eigenvalue weighted by Gasteiger charge is 2.52. The van der Waals surface area contributed by atoms with Crippen molar-refractivity contribution in [3.63, 3.8) is 0 Å². The monoisotopic (exact) mass is 395 g/mol. The molecule has 1 heterocycles. The van der Waals surface area contributed by atoms with Gasteiger partial charge in [0.05, 0.1) is 0 Å². The second-order valence-corrected chi connectivity index (χ2v) is 7.76. The van der Waals surface area contributed by atoms with Gasteiger partial charge in [0.15, 0.2) is 6.54 Å². The lowest BCUT2D eigenvalue weighted by molar-refractivity contribution is -0.682. The normalized spacial score (nSPS) is 25.7. The molecule has 4 amide bonds. The number of hydrogen-bond donors (Lipinski definition) is 3. The van der Waals surface area contributed by atoms with Crippen molar-refractivity contribution in [3.05, 3.63) is 35.4 Å². The van der Waals surface area contributed by atoms with E-state index in [1.807, 2.05) is 0 Å². The number of imide groups is 1. The molecule has 1 aliphatic heterocycles. The predicted molar refractivity (Wildman–Crippen MR) is 95.4 cm³/mol. The van der Waals surface area contributed by atoms with Gasteiger partial charge in [0.25, 0.3) is 11.8 Å². The molecular weight excluding hydrogens is 370 g/mol. The van der Waals surface area contributed by atoms with Gasteiger partial charge in [0, 0.05) is 11.6 Å². The summed E-state index contributed by atoms with van der Waals surface area (Å²) in [5, 5.41) is 5.02. The summed E-state index contributed by atoms with van der Waals surface area (Å²) < 4.78 is 26.8. The third-order valence-electron chi connectivity index (χ3n) is 5.64. The smallest absolute Gasteiger partial charge is 0.332 e. The topological polar surface area (TPSA) is 95.1 Å². The van der Waals surface area contributed by atoms with Crippen molar-refractivity contribution in [2.75, 3.05) is 6.54 Å². The Morgan fingerprint density at radius 1 is 1.36 bits per heavy atom. The van der Waals surface area contributed by atoms with Crippen LogP contribution < -0.4 is 16.1 Å². The van der Waals surface area contributed by atoms with Gasteiger partial charge in [-0.1, -0.05) is 6.92 Å². The number of urea groups is 1. The average molecular weight is 395 g/mol. The molecule has 3 rings (SSSR count). The van der Waals surface area contributed by atoms with Crippen LogP contribution in [-0.2, 0) is 9.59 Å². The van der Waals surface area contributed by atoms with Gasteiger partial charge in [-0.2, -0.15) is 5.01 Å². The van der Waals surface area contributed by atoms with Gasteiger partial charge in [-0.3, -0.25) is 15.0 Å². The maximum atomic E-state index is 13.8. The second-order valence-electron chi connectivity index (χ2n) is 7.76. The van der Waals surface area contributed by atoms with E-state index in [2.05, 4.69) is 17.7 Å². The van der Waals surface area contributed by atoms with Crippen LogP contribution in [0, 0.1) is 17.6 Å². The second kappa shape index (κ2) is 7.83. The third-order valence-corrected chi connectivity index (χ3v) is 5.64. The number of quaternary nitrogens is 1. The molecule has 1 spiro atoms. The van der Waals surface area contributed by atoms with Gasteiger partial charge >= 0.3 is 6.03 Å². The molecule has 1 aromatic carbocycles.